The summed E-state index contributed by atoms with van der Waals surface area (Å²) in [6.07, 6.45) is 12.1. The van der Waals surface area contributed by atoms with Crippen LogP contribution in [0.25, 0.3) is 0 Å². The number of nitrogens with zero attached hydrogens (tertiary/aromatic N) is 1. The van der Waals surface area contributed by atoms with E-state index >= 15 is 0 Å². The maximum atomic E-state index is 5.34. The summed E-state index contributed by atoms with van der Waals surface area (Å²) in [5.74, 6) is 8.48. The lowest BCUT2D eigenvalue weighted by Crippen LogP contribution is -2.34. The number of piperidine rings is 1. The van der Waals surface area contributed by atoms with E-state index in [4.69, 9.17) is 4.74 Å². The van der Waals surface area contributed by atoms with E-state index in [1.165, 1.54) is 31.5 Å². The lowest BCUT2D eigenvalue weighted by molar-refractivity contribution is 0.179. The second-order valence-electron chi connectivity index (χ2n) is 7.40. The van der Waals surface area contributed by atoms with Crippen LogP contribution in [0.15, 0.2) is 48.6 Å². The number of benzene rings is 1. The van der Waals surface area contributed by atoms with Crippen molar-refractivity contribution >= 4 is 0 Å². The molecule has 24 heavy (non-hydrogen) atoms. The van der Waals surface area contributed by atoms with Crippen LogP contribution in [0.5, 0.6) is 5.75 Å². The van der Waals surface area contributed by atoms with Gasteiger partial charge in [0.15, 0.2) is 0 Å². The molecule has 1 aromatic carbocycles. The molecule has 1 saturated heterocycles. The summed E-state index contributed by atoms with van der Waals surface area (Å²) in [6, 6.07) is 8.68. The Morgan fingerprint density at radius 3 is 2.58 bits per heavy atom. The SMILES string of the molecule is COc1ccc(C2C3(C#CC=CC=CC3)C23CCN(C)CC3)cc1. The van der Waals surface area contributed by atoms with Crippen molar-refractivity contribution in [2.75, 3.05) is 27.2 Å². The normalized spacial score (nSPS) is 30.5. The highest BCUT2D eigenvalue weighted by molar-refractivity contribution is 5.49. The Morgan fingerprint density at radius 1 is 1.12 bits per heavy atom. The van der Waals surface area contributed by atoms with Crippen molar-refractivity contribution in [1.82, 2.24) is 4.90 Å². The van der Waals surface area contributed by atoms with Crippen molar-refractivity contribution in [3.63, 3.8) is 0 Å². The van der Waals surface area contributed by atoms with Gasteiger partial charge in [0.1, 0.15) is 5.75 Å². The van der Waals surface area contributed by atoms with Gasteiger partial charge >= 0.3 is 0 Å². The van der Waals surface area contributed by atoms with Gasteiger partial charge < -0.3 is 9.64 Å². The average Bonchev–Trinajstić information content (AvgIpc) is 3.15. The Labute approximate surface area is 145 Å². The van der Waals surface area contributed by atoms with E-state index in [0.717, 1.165) is 12.2 Å². The number of likely N-dealkylation sites (tertiary alicyclic amines) is 1. The molecule has 1 aliphatic heterocycles. The van der Waals surface area contributed by atoms with Crippen LogP contribution in [-0.2, 0) is 0 Å². The second-order valence-corrected chi connectivity index (χ2v) is 7.40. The van der Waals surface area contributed by atoms with Crippen LogP contribution in [0, 0.1) is 22.7 Å². The van der Waals surface area contributed by atoms with Gasteiger partial charge in [0.25, 0.3) is 0 Å². The number of hydrogen-bond donors (Lipinski definition) is 0. The van der Waals surface area contributed by atoms with Crippen LogP contribution in [0.4, 0.5) is 0 Å². The molecule has 4 rings (SSSR count). The molecular weight excluding hydrogens is 294 g/mol. The fraction of sp³-hybridized carbons (Fsp3) is 0.455. The molecule has 2 aliphatic carbocycles. The molecule has 2 nitrogen and oxygen atoms in total. The molecule has 124 valence electrons. The van der Waals surface area contributed by atoms with Crippen molar-refractivity contribution in [2.45, 2.75) is 25.2 Å². The molecule has 1 saturated carbocycles. The maximum Gasteiger partial charge on any atom is 0.118 e. The molecule has 0 aromatic heterocycles. The summed E-state index contributed by atoms with van der Waals surface area (Å²) >= 11 is 0. The van der Waals surface area contributed by atoms with Gasteiger partial charge in [0.2, 0.25) is 0 Å². The van der Waals surface area contributed by atoms with Crippen molar-refractivity contribution in [2.24, 2.45) is 10.8 Å². The summed E-state index contributed by atoms with van der Waals surface area (Å²) in [4.78, 5) is 2.45. The van der Waals surface area contributed by atoms with Crippen molar-refractivity contribution < 1.29 is 4.74 Å². The largest absolute Gasteiger partial charge is 0.497 e. The average molecular weight is 319 g/mol. The van der Waals surface area contributed by atoms with Gasteiger partial charge in [-0.1, -0.05) is 42.2 Å². The molecule has 2 unspecified atom stereocenters. The molecule has 2 fully saturated rings. The van der Waals surface area contributed by atoms with E-state index in [9.17, 15) is 0 Å². The van der Waals surface area contributed by atoms with Crippen molar-refractivity contribution in [3.05, 3.63) is 54.1 Å². The van der Waals surface area contributed by atoms with Crippen LogP contribution >= 0.6 is 0 Å². The number of methoxy groups -OCH3 is 1. The lowest BCUT2D eigenvalue weighted by atomic mass is 9.82. The van der Waals surface area contributed by atoms with E-state index in [1.807, 2.05) is 12.2 Å². The van der Waals surface area contributed by atoms with Gasteiger partial charge in [0, 0.05) is 11.3 Å². The molecule has 0 amide bonds. The van der Waals surface area contributed by atoms with Gasteiger partial charge in [-0.25, -0.2) is 0 Å². The zero-order valence-electron chi connectivity index (χ0n) is 14.6. The van der Waals surface area contributed by atoms with Gasteiger partial charge in [-0.05, 0) is 68.6 Å². The van der Waals surface area contributed by atoms with Crippen LogP contribution in [0.2, 0.25) is 0 Å². The standard InChI is InChI=1S/C22H25NO/c1-23-16-14-22(15-17-23)20(18-8-10-19(24-2)11-9-18)21(22)12-6-4-3-5-7-13-21/h3-6,8-11,20H,12,14-17H2,1-2H3. The summed E-state index contributed by atoms with van der Waals surface area (Å²) < 4.78 is 5.34. The molecule has 2 heteroatoms. The van der Waals surface area contributed by atoms with E-state index < -0.39 is 0 Å². The molecular formula is C22H25NO. The minimum atomic E-state index is 0.101. The van der Waals surface area contributed by atoms with E-state index in [2.05, 4.69) is 60.2 Å². The minimum Gasteiger partial charge on any atom is -0.497 e. The fourth-order valence-electron chi connectivity index (χ4n) is 4.99. The topological polar surface area (TPSA) is 12.5 Å². The first-order chi connectivity index (χ1) is 11.7. The molecule has 1 aromatic rings. The van der Waals surface area contributed by atoms with Crippen LogP contribution < -0.4 is 4.74 Å². The molecule has 0 N–H and O–H groups in total. The fourth-order valence-corrected chi connectivity index (χ4v) is 4.99. The van der Waals surface area contributed by atoms with Crippen LogP contribution in [0.3, 0.4) is 0 Å². The van der Waals surface area contributed by atoms with Crippen LogP contribution in [0.1, 0.15) is 30.7 Å². The molecule has 1 heterocycles. The van der Waals surface area contributed by atoms with Gasteiger partial charge in [-0.15, -0.1) is 0 Å². The Kier molecular flexibility index (Phi) is 3.77. The predicted molar refractivity (Wildman–Crippen MR) is 98.0 cm³/mol. The summed E-state index contributed by atoms with van der Waals surface area (Å²) in [5, 5.41) is 0. The monoisotopic (exact) mass is 319 g/mol. The third-order valence-corrected chi connectivity index (χ3v) is 6.34. The Hall–Kier alpha value is -1.98. The highest BCUT2D eigenvalue weighted by Gasteiger charge is 2.74. The first kappa shape index (κ1) is 15.5. The van der Waals surface area contributed by atoms with E-state index in [0.29, 0.717) is 11.3 Å². The molecule has 2 atom stereocenters. The Bertz CT molecular complexity index is 725. The number of hydrogen-bond acceptors (Lipinski definition) is 2. The summed E-state index contributed by atoms with van der Waals surface area (Å²) in [5.41, 5.74) is 1.85. The third-order valence-electron chi connectivity index (χ3n) is 6.34. The summed E-state index contributed by atoms with van der Waals surface area (Å²) in [6.45, 7) is 2.35. The second kappa shape index (κ2) is 5.83. The van der Waals surface area contributed by atoms with Crippen molar-refractivity contribution in [3.8, 4) is 17.6 Å². The molecule has 0 radical (unpaired) electrons. The summed E-state index contributed by atoms with van der Waals surface area (Å²) in [7, 11) is 3.96. The van der Waals surface area contributed by atoms with Crippen molar-refractivity contribution in [1.29, 1.82) is 0 Å². The minimum absolute atomic E-state index is 0.101. The number of fused-ring (bicyclic) bond motifs is 1. The Morgan fingerprint density at radius 2 is 1.88 bits per heavy atom. The van der Waals surface area contributed by atoms with E-state index in [1.54, 1.807) is 7.11 Å². The van der Waals surface area contributed by atoms with Crippen LogP contribution in [-0.4, -0.2) is 32.1 Å². The highest BCUT2D eigenvalue weighted by Crippen LogP contribution is 2.79. The van der Waals surface area contributed by atoms with Gasteiger partial charge in [-0.3, -0.25) is 0 Å². The first-order valence-corrected chi connectivity index (χ1v) is 8.89. The zero-order valence-corrected chi connectivity index (χ0v) is 14.6. The van der Waals surface area contributed by atoms with Gasteiger partial charge in [-0.2, -0.15) is 0 Å². The molecule has 2 spiro atoms. The highest BCUT2D eigenvalue weighted by atomic mass is 16.5. The quantitative estimate of drug-likeness (QED) is 0.764. The van der Waals surface area contributed by atoms with E-state index in [-0.39, 0.29) is 5.41 Å². The maximum absolute atomic E-state index is 5.34. The number of allylic oxidation sites excluding steroid dienone is 4. The number of ether oxygens (including phenoxy) is 1. The van der Waals surface area contributed by atoms with Gasteiger partial charge in [0.05, 0.1) is 7.11 Å². The smallest absolute Gasteiger partial charge is 0.118 e. The predicted octanol–water partition coefficient (Wildman–Crippen LogP) is 4.01. The first-order valence-electron chi connectivity index (χ1n) is 8.89. The lowest BCUT2D eigenvalue weighted by Gasteiger charge is -2.32. The zero-order chi connectivity index (χ0) is 16.6. The Balaban J connectivity index is 1.74. The molecule has 0 bridgehead atoms. The third kappa shape index (κ3) is 2.23. The number of rotatable bonds is 2. The molecule has 3 aliphatic rings.